The number of Topliss-reactive ketones (excluding diaryl/α,β-unsaturated/α-hetero) is 2. The topological polar surface area (TPSA) is 229 Å². The molecule has 6 rings (SSSR count). The molecule has 2 aliphatic heterocycles. The van der Waals surface area contributed by atoms with Crippen molar-refractivity contribution in [2.45, 2.75) is 89.2 Å². The minimum atomic E-state index is -1.77. The summed E-state index contributed by atoms with van der Waals surface area (Å²) in [5.74, 6) is 5.57. The number of ether oxygens (including phenoxy) is 6. The summed E-state index contributed by atoms with van der Waals surface area (Å²) < 4.78 is 33.6. The number of carbonyl (C=O) groups is 6. The van der Waals surface area contributed by atoms with Crippen LogP contribution < -0.4 is 10.6 Å². The number of amides is 4. The van der Waals surface area contributed by atoms with E-state index in [-0.39, 0.29) is 26.4 Å². The van der Waals surface area contributed by atoms with E-state index in [0.717, 1.165) is 56.4 Å². The van der Waals surface area contributed by atoms with Crippen molar-refractivity contribution < 1.29 is 67.4 Å². The van der Waals surface area contributed by atoms with Crippen molar-refractivity contribution in [3.63, 3.8) is 0 Å². The molecule has 4 aromatic rings. The van der Waals surface area contributed by atoms with Crippen LogP contribution in [-0.4, -0.2) is 160 Å². The maximum absolute atomic E-state index is 13.3. The number of benzene rings is 4. The smallest absolute Gasteiger partial charge is 0.254 e. The van der Waals surface area contributed by atoms with Gasteiger partial charge < -0.3 is 59.1 Å². The Morgan fingerprint density at radius 1 is 0.608 bits per heavy atom. The standard InChI is InChI=1S/C30H36N2O7.C19H25IN2O5.C11H12O2/c1-30(29(36)31-2,26(34)21-39-27-6-4-5-18-38-27)32(3)28(35)25-15-13-23(14-16-25)8-7-22-9-11-24(12-10-22)20-37-19-17-33;1-19(18(25)21-2,15(23)12-27-16-6-4-5-11-26-16)22(3)17(24)13-7-9-14(20)10-8-13;1-2-10-3-5-11(6-4-10)9-13-8-7-12/h9-16,27,33H,4-6,17-21H2,1-3H3,(H,31,36);7-10,16H,4-6,11-12H2,1-3H3,(H,21,25);1,3-6,12H,7-9H2/t27?,30-;16?,19-;/m11./s1. The molecule has 0 aliphatic carbocycles. The summed E-state index contributed by atoms with van der Waals surface area (Å²) in [5.41, 5.74) is 1.69. The Bertz CT molecular complexity index is 2690. The second-order valence-corrected chi connectivity index (χ2v) is 19.8. The fourth-order valence-electron chi connectivity index (χ4n) is 7.84. The fourth-order valence-corrected chi connectivity index (χ4v) is 8.20. The summed E-state index contributed by atoms with van der Waals surface area (Å²) >= 11 is 2.14. The summed E-state index contributed by atoms with van der Waals surface area (Å²) in [5, 5.41) is 22.2. The highest BCUT2D eigenvalue weighted by molar-refractivity contribution is 14.1. The van der Waals surface area contributed by atoms with Crippen molar-refractivity contribution in [3.05, 3.63) is 140 Å². The highest BCUT2D eigenvalue weighted by Crippen LogP contribution is 2.24. The van der Waals surface area contributed by atoms with Crippen LogP contribution in [-0.2, 0) is 60.8 Å². The Morgan fingerprint density at radius 2 is 0.975 bits per heavy atom. The molecule has 2 fully saturated rings. The maximum atomic E-state index is 13.3. The number of aliphatic hydroxyl groups excluding tert-OH is 2. The molecule has 18 nitrogen and oxygen atoms in total. The van der Waals surface area contributed by atoms with Crippen molar-refractivity contribution in [1.29, 1.82) is 0 Å². The second kappa shape index (κ2) is 33.9. The van der Waals surface area contributed by atoms with Gasteiger partial charge in [0.1, 0.15) is 13.2 Å². The lowest BCUT2D eigenvalue weighted by Crippen LogP contribution is -2.62. The molecule has 2 aliphatic rings. The molecule has 2 heterocycles. The zero-order valence-corrected chi connectivity index (χ0v) is 48.0. The zero-order chi connectivity index (χ0) is 57.8. The van der Waals surface area contributed by atoms with E-state index >= 15 is 0 Å². The van der Waals surface area contributed by atoms with Gasteiger partial charge in [0.15, 0.2) is 35.2 Å². The van der Waals surface area contributed by atoms with E-state index in [0.29, 0.717) is 69.2 Å². The molecule has 19 heteroatoms. The number of carbonyl (C=O) groups excluding carboxylic acids is 6. The first-order chi connectivity index (χ1) is 38.0. The van der Waals surface area contributed by atoms with E-state index in [1.807, 2.05) is 48.5 Å². The molecule has 4 atom stereocenters. The van der Waals surface area contributed by atoms with Gasteiger partial charge in [-0.1, -0.05) is 42.0 Å². The van der Waals surface area contributed by atoms with Crippen LogP contribution in [0.3, 0.4) is 0 Å². The lowest BCUT2D eigenvalue weighted by Gasteiger charge is -2.36. The van der Waals surface area contributed by atoms with Crippen molar-refractivity contribution in [2.75, 3.05) is 81.0 Å². The predicted octanol–water partition coefficient (Wildman–Crippen LogP) is 5.44. The highest BCUT2D eigenvalue weighted by atomic mass is 127. The normalized spacial score (nSPS) is 16.2. The molecule has 2 unspecified atom stereocenters. The van der Waals surface area contributed by atoms with E-state index in [1.54, 1.807) is 48.5 Å². The first-order valence-corrected chi connectivity index (χ1v) is 27.0. The van der Waals surface area contributed by atoms with Gasteiger partial charge in [-0.15, -0.1) is 6.42 Å². The average Bonchev–Trinajstić information content (AvgIpc) is 3.53. The third kappa shape index (κ3) is 19.7. The van der Waals surface area contributed by atoms with Gasteiger partial charge >= 0.3 is 0 Å². The predicted molar refractivity (Wildman–Crippen MR) is 304 cm³/mol. The summed E-state index contributed by atoms with van der Waals surface area (Å²) in [6.07, 6.45) is 9.48. The molecule has 79 heavy (non-hydrogen) atoms. The third-order valence-corrected chi connectivity index (χ3v) is 13.8. The van der Waals surface area contributed by atoms with Crippen molar-refractivity contribution in [2.24, 2.45) is 0 Å². The Balaban J connectivity index is 0.000000289. The number of nitrogens with zero attached hydrogens (tertiary/aromatic N) is 2. The summed E-state index contributed by atoms with van der Waals surface area (Å²) in [6, 6.07) is 28.8. The van der Waals surface area contributed by atoms with Crippen LogP contribution in [0.2, 0.25) is 0 Å². The molecular weight excluding hydrogens is 1130 g/mol. The van der Waals surface area contributed by atoms with Gasteiger partial charge in [0, 0.05) is 72.8 Å². The summed E-state index contributed by atoms with van der Waals surface area (Å²) in [6.45, 7) is 5.01. The minimum absolute atomic E-state index is 0.0130. The molecule has 0 radical (unpaired) electrons. The van der Waals surface area contributed by atoms with Crippen LogP contribution in [0.1, 0.15) is 101 Å². The van der Waals surface area contributed by atoms with E-state index < -0.39 is 58.9 Å². The molecular formula is C60H73IN4O14. The van der Waals surface area contributed by atoms with Crippen molar-refractivity contribution in [1.82, 2.24) is 20.4 Å². The molecule has 2 saturated heterocycles. The number of nitrogens with one attached hydrogen (secondary N) is 2. The second-order valence-electron chi connectivity index (χ2n) is 18.5. The maximum Gasteiger partial charge on any atom is 0.254 e. The highest BCUT2D eigenvalue weighted by Gasteiger charge is 2.48. The largest absolute Gasteiger partial charge is 0.394 e. The van der Waals surface area contributed by atoms with E-state index in [1.165, 1.54) is 46.9 Å². The Morgan fingerprint density at radius 3 is 1.32 bits per heavy atom. The van der Waals surface area contributed by atoms with Gasteiger partial charge in [-0.25, -0.2) is 0 Å². The fraction of sp³-hybridized carbons (Fsp3) is 0.433. The SMILES string of the molecule is C#Cc1ccc(COCCO)cc1.CNC(=O)[C@@](C)(C(=O)COC1CCCCO1)N(C)C(=O)c1ccc(C#Cc2ccc(COCCO)cc2)cc1.CNC(=O)[C@@](C)(C(=O)COC1CCCCO1)N(C)C(=O)c1ccc(I)cc1. The molecule has 4 N–H and O–H groups in total. The first kappa shape index (κ1) is 65.2. The summed E-state index contributed by atoms with van der Waals surface area (Å²) in [7, 11) is 5.73. The lowest BCUT2D eigenvalue weighted by molar-refractivity contribution is -0.174. The van der Waals surface area contributed by atoms with Gasteiger partial charge in [0.25, 0.3) is 23.6 Å². The Kier molecular flexibility index (Phi) is 28.0. The van der Waals surface area contributed by atoms with Gasteiger partial charge in [-0.2, -0.15) is 0 Å². The number of aliphatic hydroxyl groups is 2. The van der Waals surface area contributed by atoms with Gasteiger partial charge in [-0.05, 0) is 159 Å². The lowest BCUT2D eigenvalue weighted by atomic mass is 9.92. The van der Waals surface area contributed by atoms with Crippen LogP contribution in [0.25, 0.3) is 0 Å². The van der Waals surface area contributed by atoms with Crippen LogP contribution in [0.4, 0.5) is 0 Å². The zero-order valence-electron chi connectivity index (χ0n) is 45.8. The van der Waals surface area contributed by atoms with Crippen LogP contribution in [0.5, 0.6) is 0 Å². The molecule has 0 bridgehead atoms. The number of terminal acetylenes is 1. The number of rotatable bonds is 22. The minimum Gasteiger partial charge on any atom is -0.394 e. The molecule has 0 aromatic heterocycles. The Hall–Kier alpha value is -6.37. The van der Waals surface area contributed by atoms with Crippen LogP contribution in [0, 0.1) is 27.8 Å². The average molecular weight is 1200 g/mol. The Labute approximate surface area is 477 Å². The van der Waals surface area contributed by atoms with E-state index in [9.17, 15) is 28.8 Å². The number of likely N-dealkylation sites (N-methyl/N-ethyl adjacent to an activating group) is 4. The number of hydrogen-bond donors (Lipinski definition) is 4. The molecule has 0 saturated carbocycles. The van der Waals surface area contributed by atoms with Crippen molar-refractivity contribution in [3.8, 4) is 24.2 Å². The quantitative estimate of drug-likeness (QED) is 0.0333. The van der Waals surface area contributed by atoms with Gasteiger partial charge in [0.2, 0.25) is 0 Å². The molecule has 424 valence electrons. The third-order valence-electron chi connectivity index (χ3n) is 13.1. The van der Waals surface area contributed by atoms with Gasteiger partial charge in [-0.3, -0.25) is 28.8 Å². The number of hydrogen-bond acceptors (Lipinski definition) is 14. The van der Waals surface area contributed by atoms with E-state index in [4.69, 9.17) is 45.1 Å². The van der Waals surface area contributed by atoms with Gasteiger partial charge in [0.05, 0.1) is 39.6 Å². The summed E-state index contributed by atoms with van der Waals surface area (Å²) in [4.78, 5) is 79.9. The molecule has 4 amide bonds. The monoisotopic (exact) mass is 1200 g/mol. The first-order valence-electron chi connectivity index (χ1n) is 25.9. The van der Waals surface area contributed by atoms with Crippen LogP contribution in [0.15, 0.2) is 97.1 Å². The molecule has 0 spiro atoms. The van der Waals surface area contributed by atoms with Crippen molar-refractivity contribution >= 4 is 57.8 Å². The van der Waals surface area contributed by atoms with E-state index in [2.05, 4.69) is 51.0 Å². The number of ketones is 2. The van der Waals surface area contributed by atoms with Crippen LogP contribution >= 0.6 is 22.6 Å². The number of halogens is 1. The molecule has 4 aromatic carbocycles.